The molecular formula is C8H11N3O2S. The maximum Gasteiger partial charge on any atom is 0.303 e. The van der Waals surface area contributed by atoms with Crippen molar-refractivity contribution in [1.82, 2.24) is 9.97 Å². The zero-order chi connectivity index (χ0) is 10.4. The van der Waals surface area contributed by atoms with Crippen molar-refractivity contribution in [3.63, 3.8) is 0 Å². The number of hydrogen-bond acceptors (Lipinski definition) is 5. The molecule has 0 spiro atoms. The van der Waals surface area contributed by atoms with Crippen molar-refractivity contribution < 1.29 is 9.90 Å². The third kappa shape index (κ3) is 4.08. The SMILES string of the molecule is O=C(O)CCC(S)Nc1ncccn1. The molecule has 0 radical (unpaired) electrons. The first-order valence-electron chi connectivity index (χ1n) is 4.12. The molecule has 1 aromatic heterocycles. The van der Waals surface area contributed by atoms with E-state index in [0.717, 1.165) is 0 Å². The summed E-state index contributed by atoms with van der Waals surface area (Å²) in [6.45, 7) is 0. The highest BCUT2D eigenvalue weighted by atomic mass is 32.1. The van der Waals surface area contributed by atoms with Crippen LogP contribution in [0.4, 0.5) is 5.95 Å². The molecular weight excluding hydrogens is 202 g/mol. The van der Waals surface area contributed by atoms with Gasteiger partial charge in [0.1, 0.15) is 0 Å². The van der Waals surface area contributed by atoms with Crippen molar-refractivity contribution in [2.24, 2.45) is 0 Å². The molecule has 0 saturated carbocycles. The average molecular weight is 213 g/mol. The minimum Gasteiger partial charge on any atom is -0.481 e. The zero-order valence-electron chi connectivity index (χ0n) is 7.42. The molecule has 76 valence electrons. The normalized spacial score (nSPS) is 12.1. The lowest BCUT2D eigenvalue weighted by Gasteiger charge is -2.10. The van der Waals surface area contributed by atoms with Gasteiger partial charge in [-0.05, 0) is 12.5 Å². The van der Waals surface area contributed by atoms with E-state index < -0.39 is 5.97 Å². The Morgan fingerprint density at radius 3 is 2.79 bits per heavy atom. The van der Waals surface area contributed by atoms with Gasteiger partial charge in [0.05, 0.1) is 5.37 Å². The number of aliphatic carboxylic acids is 1. The predicted molar refractivity (Wildman–Crippen MR) is 55.3 cm³/mol. The second kappa shape index (κ2) is 5.43. The number of carboxylic acid groups (broad SMARTS) is 1. The highest BCUT2D eigenvalue weighted by molar-refractivity contribution is 7.81. The maximum atomic E-state index is 10.3. The summed E-state index contributed by atoms with van der Waals surface area (Å²) in [4.78, 5) is 18.1. The van der Waals surface area contributed by atoms with Gasteiger partial charge in [0.15, 0.2) is 0 Å². The van der Waals surface area contributed by atoms with E-state index in [2.05, 4.69) is 27.9 Å². The lowest BCUT2D eigenvalue weighted by atomic mass is 10.3. The largest absolute Gasteiger partial charge is 0.481 e. The summed E-state index contributed by atoms with van der Waals surface area (Å²) in [5.74, 6) is -0.377. The molecule has 5 nitrogen and oxygen atoms in total. The van der Waals surface area contributed by atoms with Gasteiger partial charge in [0.25, 0.3) is 0 Å². The van der Waals surface area contributed by atoms with E-state index in [-0.39, 0.29) is 11.8 Å². The second-order valence-electron chi connectivity index (χ2n) is 2.66. The van der Waals surface area contributed by atoms with Crippen LogP contribution in [0.15, 0.2) is 18.5 Å². The summed E-state index contributed by atoms with van der Waals surface area (Å²) in [7, 11) is 0. The molecule has 0 saturated heterocycles. The molecule has 1 atom stereocenters. The first kappa shape index (κ1) is 10.8. The summed E-state index contributed by atoms with van der Waals surface area (Å²) in [5, 5.41) is 11.1. The van der Waals surface area contributed by atoms with Gasteiger partial charge in [-0.25, -0.2) is 9.97 Å². The Labute approximate surface area is 87.0 Å². The number of carboxylic acids is 1. The van der Waals surface area contributed by atoms with Crippen LogP contribution in [0, 0.1) is 0 Å². The fourth-order valence-corrected chi connectivity index (χ4v) is 1.10. The number of rotatable bonds is 5. The Morgan fingerprint density at radius 1 is 1.57 bits per heavy atom. The van der Waals surface area contributed by atoms with Gasteiger partial charge in [-0.2, -0.15) is 12.6 Å². The summed E-state index contributed by atoms with van der Waals surface area (Å²) >= 11 is 4.16. The van der Waals surface area contributed by atoms with E-state index in [1.807, 2.05) is 0 Å². The van der Waals surface area contributed by atoms with Crippen molar-refractivity contribution in [1.29, 1.82) is 0 Å². The number of hydrogen-bond donors (Lipinski definition) is 3. The second-order valence-corrected chi connectivity index (χ2v) is 3.29. The molecule has 1 heterocycles. The van der Waals surface area contributed by atoms with Gasteiger partial charge in [-0.1, -0.05) is 0 Å². The van der Waals surface area contributed by atoms with E-state index in [4.69, 9.17) is 5.11 Å². The molecule has 0 aliphatic heterocycles. The number of carbonyl (C=O) groups is 1. The summed E-state index contributed by atoms with van der Waals surface area (Å²) in [5.41, 5.74) is 0. The third-order valence-corrected chi connectivity index (χ3v) is 1.88. The Balaban J connectivity index is 2.34. The Kier molecular flexibility index (Phi) is 4.18. The molecule has 1 rings (SSSR count). The minimum atomic E-state index is -0.833. The highest BCUT2D eigenvalue weighted by Gasteiger charge is 2.06. The number of thiol groups is 1. The first-order valence-corrected chi connectivity index (χ1v) is 4.63. The van der Waals surface area contributed by atoms with E-state index in [1.165, 1.54) is 0 Å². The van der Waals surface area contributed by atoms with Crippen molar-refractivity contribution in [2.45, 2.75) is 18.2 Å². The predicted octanol–water partition coefficient (Wildman–Crippen LogP) is 1.01. The quantitative estimate of drug-likeness (QED) is 0.502. The van der Waals surface area contributed by atoms with Crippen LogP contribution in [0.5, 0.6) is 0 Å². The van der Waals surface area contributed by atoms with Crippen LogP contribution in [0.25, 0.3) is 0 Å². The number of aromatic nitrogens is 2. The van der Waals surface area contributed by atoms with Gasteiger partial charge < -0.3 is 10.4 Å². The topological polar surface area (TPSA) is 75.1 Å². The van der Waals surface area contributed by atoms with Gasteiger partial charge in [0.2, 0.25) is 5.95 Å². The van der Waals surface area contributed by atoms with E-state index in [0.29, 0.717) is 12.4 Å². The zero-order valence-corrected chi connectivity index (χ0v) is 8.32. The molecule has 0 aromatic carbocycles. The molecule has 6 heteroatoms. The van der Waals surface area contributed by atoms with Gasteiger partial charge in [-0.15, -0.1) is 0 Å². The lowest BCUT2D eigenvalue weighted by Crippen LogP contribution is -2.15. The fourth-order valence-electron chi connectivity index (χ4n) is 0.855. The smallest absolute Gasteiger partial charge is 0.303 e. The number of nitrogens with zero attached hydrogens (tertiary/aromatic N) is 2. The van der Waals surface area contributed by atoms with Crippen molar-refractivity contribution in [2.75, 3.05) is 5.32 Å². The molecule has 14 heavy (non-hydrogen) atoms. The van der Waals surface area contributed by atoms with E-state index in [1.54, 1.807) is 18.5 Å². The van der Waals surface area contributed by atoms with Crippen LogP contribution in [-0.2, 0) is 4.79 Å². The van der Waals surface area contributed by atoms with Crippen molar-refractivity contribution in [3.05, 3.63) is 18.5 Å². The molecule has 0 aliphatic carbocycles. The van der Waals surface area contributed by atoms with Crippen molar-refractivity contribution in [3.8, 4) is 0 Å². The minimum absolute atomic E-state index is 0.0774. The maximum absolute atomic E-state index is 10.3. The average Bonchev–Trinajstić information content (AvgIpc) is 2.16. The summed E-state index contributed by atoms with van der Waals surface area (Å²) in [6.07, 6.45) is 3.71. The Morgan fingerprint density at radius 2 is 2.21 bits per heavy atom. The van der Waals surface area contributed by atoms with Crippen LogP contribution in [-0.4, -0.2) is 26.4 Å². The van der Waals surface area contributed by atoms with E-state index in [9.17, 15) is 4.79 Å². The molecule has 1 unspecified atom stereocenters. The number of nitrogens with one attached hydrogen (secondary N) is 1. The van der Waals surface area contributed by atoms with E-state index >= 15 is 0 Å². The van der Waals surface area contributed by atoms with Crippen LogP contribution < -0.4 is 5.32 Å². The van der Waals surface area contributed by atoms with Crippen LogP contribution in [0.3, 0.4) is 0 Å². The molecule has 0 aliphatic rings. The first-order chi connectivity index (χ1) is 6.68. The van der Waals surface area contributed by atoms with Gasteiger partial charge in [0, 0.05) is 18.8 Å². The number of anilines is 1. The Bertz CT molecular complexity index is 294. The molecule has 1 aromatic rings. The summed E-state index contributed by atoms with van der Waals surface area (Å²) < 4.78 is 0. The van der Waals surface area contributed by atoms with Crippen LogP contribution in [0.1, 0.15) is 12.8 Å². The lowest BCUT2D eigenvalue weighted by molar-refractivity contribution is -0.137. The van der Waals surface area contributed by atoms with Crippen LogP contribution >= 0.6 is 12.6 Å². The van der Waals surface area contributed by atoms with Crippen LogP contribution in [0.2, 0.25) is 0 Å². The highest BCUT2D eigenvalue weighted by Crippen LogP contribution is 2.07. The fraction of sp³-hybridized carbons (Fsp3) is 0.375. The van der Waals surface area contributed by atoms with Crippen molar-refractivity contribution >= 4 is 24.5 Å². The van der Waals surface area contributed by atoms with Gasteiger partial charge >= 0.3 is 5.97 Å². The molecule has 0 fully saturated rings. The molecule has 0 bridgehead atoms. The summed E-state index contributed by atoms with van der Waals surface area (Å²) in [6, 6.07) is 1.70. The molecule has 2 N–H and O–H groups in total. The monoisotopic (exact) mass is 213 g/mol. The van der Waals surface area contributed by atoms with Gasteiger partial charge in [-0.3, -0.25) is 4.79 Å². The standard InChI is InChI=1S/C8H11N3O2S/c12-7(13)3-2-6(14)11-8-9-4-1-5-10-8/h1,4-6,14H,2-3H2,(H,12,13)(H,9,10,11). The molecule has 0 amide bonds. The third-order valence-electron chi connectivity index (χ3n) is 1.49. The Hall–Kier alpha value is -1.30.